The fourth-order valence-corrected chi connectivity index (χ4v) is 0. The summed E-state index contributed by atoms with van der Waals surface area (Å²) in [4.78, 5) is 1.50. The van der Waals surface area contributed by atoms with E-state index in [-0.39, 0.29) is 80.9 Å². The van der Waals surface area contributed by atoms with Gasteiger partial charge in [-0.05, 0) is 0 Å². The molecule has 0 aliphatic rings. The quantitative estimate of drug-likeness (QED) is 0.106. The van der Waals surface area contributed by atoms with Crippen LogP contribution in [0.3, 0.4) is 0 Å². The van der Waals surface area contributed by atoms with Gasteiger partial charge in [0.2, 0.25) is 0 Å². The molecule has 0 saturated heterocycles. The first kappa shape index (κ1) is 23.7. The molecule has 4 nitrogen and oxygen atoms in total. The molecule has 0 unspecified atom stereocenters. The Bertz CT molecular complexity index is 54.0. The first-order chi connectivity index (χ1) is 2.41. The van der Waals surface area contributed by atoms with Crippen LogP contribution in [0.2, 0.25) is 0 Å². The average molecular weight is 130 g/mol. The average Bonchev–Trinajstić information content (AvgIpc) is 1.46. The summed E-state index contributed by atoms with van der Waals surface area (Å²) in [6.07, 6.45) is 0. The second-order valence-electron chi connectivity index (χ2n) is 0.0894. The third-order valence-corrected chi connectivity index (χ3v) is 0. The smallest absolute Gasteiger partial charge is 0.512 e. The summed E-state index contributed by atoms with van der Waals surface area (Å²) in [5.41, 5.74) is 13.5. The second kappa shape index (κ2) is 51.9. The first-order valence-corrected chi connectivity index (χ1v) is 0.624. The number of hydrogen-bond donors (Lipinski definition) is 0. The largest absolute Gasteiger partial charge is 1.00 e. The summed E-state index contributed by atoms with van der Waals surface area (Å²) in [6, 6.07) is 0. The van der Waals surface area contributed by atoms with Crippen LogP contribution in [0.25, 0.3) is 16.0 Å². The Kier molecular flexibility index (Phi) is 176. The summed E-state index contributed by atoms with van der Waals surface area (Å²) in [5, 5.41) is 6.25. The van der Waals surface area contributed by atoms with Gasteiger partial charge < -0.3 is 22.9 Å². The van der Waals surface area contributed by atoms with E-state index in [1.807, 2.05) is 0 Å². The molecule has 0 heterocycles. The molecular weight excluding hydrogens is 130 g/mol. The molecule has 0 aromatic rings. The van der Waals surface area contributed by atoms with E-state index in [9.17, 15) is 0 Å². The molecule has 0 fully saturated rings. The van der Waals surface area contributed by atoms with E-state index >= 15 is 0 Å². The Hall–Kier alpha value is 1.44. The molecule has 0 radical (unpaired) electrons. The van der Waals surface area contributed by atoms with Gasteiger partial charge in [0.1, 0.15) is 0 Å². The third-order valence-electron chi connectivity index (χ3n) is 0. The Balaban J connectivity index is -0.0000000105. The molecule has 0 rings (SSSR count). The third kappa shape index (κ3) is 107. The zero-order valence-electron chi connectivity index (χ0n) is 4.29. The summed E-state index contributed by atoms with van der Waals surface area (Å²) < 4.78 is 0. The van der Waals surface area contributed by atoms with Crippen molar-refractivity contribution in [2.45, 2.75) is 0 Å². The van der Waals surface area contributed by atoms with Crippen LogP contribution < -0.4 is 80.9 Å². The summed E-state index contributed by atoms with van der Waals surface area (Å²) in [7, 11) is 0. The SMILES string of the molecule is [C-]#N.[K+].[N-]=[N+]=[N-].[Na+]. The summed E-state index contributed by atoms with van der Waals surface area (Å²) in [6.45, 7) is 4.75. The molecule has 0 aromatic carbocycles. The molecule has 0 aromatic heterocycles. The zero-order valence-corrected chi connectivity index (χ0v) is 9.41. The fourth-order valence-electron chi connectivity index (χ4n) is 0. The maximum Gasteiger partial charge on any atom is 1.00 e. The molecule has 0 aliphatic heterocycles. The molecule has 26 valence electrons. The van der Waals surface area contributed by atoms with Gasteiger partial charge in [0.05, 0.1) is 0 Å². The zero-order chi connectivity index (χ0) is 4.71. The van der Waals surface area contributed by atoms with Crippen molar-refractivity contribution in [3.63, 3.8) is 0 Å². The predicted molar refractivity (Wildman–Crippen MR) is 15.0 cm³/mol. The monoisotopic (exact) mass is 130 g/mol. The number of rotatable bonds is 0. The van der Waals surface area contributed by atoms with E-state index in [0.29, 0.717) is 0 Å². The van der Waals surface area contributed by atoms with Gasteiger partial charge in [-0.2, -0.15) is 0 Å². The minimum absolute atomic E-state index is 0. The Morgan fingerprint density at radius 2 is 1.29 bits per heavy atom. The van der Waals surface area contributed by atoms with Gasteiger partial charge in [-0.1, -0.05) is 0 Å². The molecule has 0 N–H and O–H groups in total. The van der Waals surface area contributed by atoms with Gasteiger partial charge in [0, 0.05) is 0 Å². The maximum absolute atomic E-state index is 6.75. The van der Waals surface area contributed by atoms with Crippen molar-refractivity contribution in [1.82, 2.24) is 0 Å². The van der Waals surface area contributed by atoms with E-state index in [1.54, 1.807) is 0 Å². The standard InChI is InChI=1S/CN.K.N3.Na/c1-2;;1-3-2;/q-1;+1;-1;+1. The van der Waals surface area contributed by atoms with Crippen LogP contribution in [0.5, 0.6) is 0 Å². The minimum atomic E-state index is 0. The molecular formula is CKN4Na. The van der Waals surface area contributed by atoms with Crippen molar-refractivity contribution >= 4 is 0 Å². The van der Waals surface area contributed by atoms with Crippen LogP contribution in [-0.4, -0.2) is 0 Å². The van der Waals surface area contributed by atoms with Crippen molar-refractivity contribution in [1.29, 1.82) is 5.26 Å². The van der Waals surface area contributed by atoms with Crippen LogP contribution in [-0.2, 0) is 0 Å². The van der Waals surface area contributed by atoms with Crippen LogP contribution in [0.4, 0.5) is 0 Å². The van der Waals surface area contributed by atoms with E-state index in [1.165, 1.54) is 4.91 Å². The van der Waals surface area contributed by atoms with Crippen molar-refractivity contribution in [3.05, 3.63) is 22.5 Å². The van der Waals surface area contributed by atoms with Gasteiger partial charge in [0.25, 0.3) is 0 Å². The molecule has 7 heavy (non-hydrogen) atoms. The van der Waals surface area contributed by atoms with Gasteiger partial charge >= 0.3 is 80.9 Å². The fraction of sp³-hybridized carbons (Fsp3) is 0. The topological polar surface area (TPSA) is 82.5 Å². The van der Waals surface area contributed by atoms with Crippen LogP contribution in [0.15, 0.2) is 0 Å². The molecule has 0 atom stereocenters. The Morgan fingerprint density at radius 1 is 1.29 bits per heavy atom. The van der Waals surface area contributed by atoms with E-state index in [2.05, 4.69) is 0 Å². The number of hydrogen-bond acceptors (Lipinski definition) is 1. The molecule has 6 heteroatoms. The summed E-state index contributed by atoms with van der Waals surface area (Å²) in [5.74, 6) is 0. The molecule has 0 amide bonds. The summed E-state index contributed by atoms with van der Waals surface area (Å²) >= 11 is 0. The second-order valence-corrected chi connectivity index (χ2v) is 0.0894. The van der Waals surface area contributed by atoms with Crippen molar-refractivity contribution < 1.29 is 80.9 Å². The molecule has 0 saturated carbocycles. The van der Waals surface area contributed by atoms with Crippen molar-refractivity contribution in [3.8, 4) is 0 Å². The Labute approximate surface area is 106 Å². The van der Waals surface area contributed by atoms with E-state index < -0.39 is 0 Å². The predicted octanol–water partition coefficient (Wildman–Crippen LogP) is -5.03. The van der Waals surface area contributed by atoms with Gasteiger partial charge in [-0.25, -0.2) is 0 Å². The van der Waals surface area contributed by atoms with Crippen LogP contribution in [0.1, 0.15) is 0 Å². The number of nitrogens with zero attached hydrogens (tertiary/aromatic N) is 4. The molecule has 0 aliphatic carbocycles. The van der Waals surface area contributed by atoms with Gasteiger partial charge in [0.15, 0.2) is 0 Å². The first-order valence-electron chi connectivity index (χ1n) is 0.624. The van der Waals surface area contributed by atoms with Gasteiger partial charge in [-0.3, -0.25) is 4.91 Å². The van der Waals surface area contributed by atoms with Crippen LogP contribution in [0, 0.1) is 11.8 Å². The normalized spacial score (nSPS) is 1.43. The van der Waals surface area contributed by atoms with E-state index in [0.717, 1.165) is 0 Å². The maximum atomic E-state index is 6.75. The van der Waals surface area contributed by atoms with Crippen molar-refractivity contribution in [2.24, 2.45) is 0 Å². The van der Waals surface area contributed by atoms with Crippen molar-refractivity contribution in [2.75, 3.05) is 0 Å². The minimum Gasteiger partial charge on any atom is -0.512 e. The van der Waals surface area contributed by atoms with Gasteiger partial charge in [-0.15, -0.1) is 0 Å². The molecule has 0 spiro atoms. The Morgan fingerprint density at radius 3 is 1.29 bits per heavy atom. The van der Waals surface area contributed by atoms with E-state index in [4.69, 9.17) is 22.9 Å². The molecule has 0 bridgehead atoms. The van der Waals surface area contributed by atoms with Crippen LogP contribution >= 0.6 is 0 Å².